The van der Waals surface area contributed by atoms with Crippen molar-refractivity contribution in [3.8, 4) is 16.5 Å². The van der Waals surface area contributed by atoms with Gasteiger partial charge in [0, 0.05) is 25.0 Å². The second-order valence-electron chi connectivity index (χ2n) is 7.03. The molecule has 170 valence electrons. The first kappa shape index (κ1) is 22.6. The summed E-state index contributed by atoms with van der Waals surface area (Å²) in [7, 11) is 0. The molecule has 12 heteroatoms. The summed E-state index contributed by atoms with van der Waals surface area (Å²) in [6, 6.07) is 7.55. The van der Waals surface area contributed by atoms with E-state index in [1.165, 1.54) is 11.3 Å². The van der Waals surface area contributed by atoms with Crippen LogP contribution in [0.5, 0.6) is 5.88 Å². The number of hydrogen-bond donors (Lipinski definition) is 0. The quantitative estimate of drug-likeness (QED) is 0.527. The first-order chi connectivity index (χ1) is 15.3. The van der Waals surface area contributed by atoms with Crippen LogP contribution < -0.4 is 4.74 Å². The van der Waals surface area contributed by atoms with Crippen LogP contribution in [0.3, 0.4) is 0 Å². The maximum atomic E-state index is 12.7. The Labute approximate surface area is 190 Å². The largest absolute Gasteiger partial charge is 0.475 e. The Kier molecular flexibility index (Phi) is 6.68. The lowest BCUT2D eigenvalue weighted by atomic mass is 10.2. The number of aromatic nitrogens is 3. The summed E-state index contributed by atoms with van der Waals surface area (Å²) < 4.78 is 51.1. The highest BCUT2D eigenvalue weighted by atomic mass is 35.5. The van der Waals surface area contributed by atoms with Gasteiger partial charge in [-0.05, 0) is 24.3 Å². The Bertz CT molecular complexity index is 1070. The molecule has 0 saturated carbocycles. The highest BCUT2D eigenvalue weighted by Gasteiger charge is 2.31. The first-order valence-corrected chi connectivity index (χ1v) is 10.8. The Morgan fingerprint density at radius 3 is 2.81 bits per heavy atom. The zero-order chi connectivity index (χ0) is 22.7. The number of hydrogen-bond acceptors (Lipinski definition) is 6. The predicted octanol–water partition coefficient (Wildman–Crippen LogP) is 3.99. The van der Waals surface area contributed by atoms with Gasteiger partial charge in [-0.25, -0.2) is 4.98 Å². The van der Waals surface area contributed by atoms with Crippen LogP contribution in [0.15, 0.2) is 42.7 Å². The van der Waals surface area contributed by atoms with Crippen LogP contribution in [-0.4, -0.2) is 58.0 Å². The topological polar surface area (TPSA) is 69.5 Å². The molecular formula is C20H18ClF3N4O3S. The van der Waals surface area contributed by atoms with Crippen LogP contribution in [0.25, 0.3) is 10.6 Å². The predicted molar refractivity (Wildman–Crippen MR) is 112 cm³/mol. The summed E-state index contributed by atoms with van der Waals surface area (Å²) in [6.45, 7) is 1.20. The molecule has 4 heterocycles. The summed E-state index contributed by atoms with van der Waals surface area (Å²) in [4.78, 5) is 18.9. The SMILES string of the molecule is O=C(Cn1ccc(-c2ccc(Cl)s2)n1)N1CCOC(COc2ccc(C(F)(F)F)cn2)C1. The lowest BCUT2D eigenvalue weighted by molar-refractivity contribution is -0.140. The fourth-order valence-corrected chi connectivity index (χ4v) is 4.14. The van der Waals surface area contributed by atoms with Crippen molar-refractivity contribution < 1.29 is 27.4 Å². The number of alkyl halides is 3. The van der Waals surface area contributed by atoms with E-state index in [0.717, 1.165) is 28.9 Å². The first-order valence-electron chi connectivity index (χ1n) is 9.62. The fraction of sp³-hybridized carbons (Fsp3) is 0.350. The van der Waals surface area contributed by atoms with E-state index < -0.39 is 17.8 Å². The van der Waals surface area contributed by atoms with E-state index in [1.54, 1.807) is 21.8 Å². The maximum absolute atomic E-state index is 12.7. The van der Waals surface area contributed by atoms with Crippen molar-refractivity contribution in [2.75, 3.05) is 26.3 Å². The van der Waals surface area contributed by atoms with Crippen molar-refractivity contribution in [3.05, 3.63) is 52.6 Å². The summed E-state index contributed by atoms with van der Waals surface area (Å²) in [6.07, 6.45) is -2.42. The number of amides is 1. The molecule has 0 N–H and O–H groups in total. The van der Waals surface area contributed by atoms with Gasteiger partial charge in [0.1, 0.15) is 24.9 Å². The molecule has 0 bridgehead atoms. The molecule has 1 aliphatic heterocycles. The fourth-order valence-electron chi connectivity index (χ4n) is 3.13. The zero-order valence-electron chi connectivity index (χ0n) is 16.6. The van der Waals surface area contributed by atoms with Crippen LogP contribution in [0.1, 0.15) is 5.56 Å². The number of carbonyl (C=O) groups is 1. The molecule has 7 nitrogen and oxygen atoms in total. The van der Waals surface area contributed by atoms with E-state index >= 15 is 0 Å². The van der Waals surface area contributed by atoms with E-state index in [0.29, 0.717) is 24.0 Å². The third kappa shape index (κ3) is 5.59. The molecule has 0 aromatic carbocycles. The van der Waals surface area contributed by atoms with E-state index in [4.69, 9.17) is 21.1 Å². The second kappa shape index (κ2) is 9.47. The third-order valence-corrected chi connectivity index (χ3v) is 5.99. The maximum Gasteiger partial charge on any atom is 0.417 e. The minimum atomic E-state index is -4.45. The van der Waals surface area contributed by atoms with Gasteiger partial charge in [0.2, 0.25) is 11.8 Å². The Hall–Kier alpha value is -2.63. The van der Waals surface area contributed by atoms with Crippen LogP contribution >= 0.6 is 22.9 Å². The van der Waals surface area contributed by atoms with E-state index in [9.17, 15) is 18.0 Å². The van der Waals surface area contributed by atoms with Crippen LogP contribution in [0, 0.1) is 0 Å². The molecule has 1 atom stereocenters. The second-order valence-corrected chi connectivity index (χ2v) is 8.74. The lowest BCUT2D eigenvalue weighted by Gasteiger charge is -2.32. The van der Waals surface area contributed by atoms with Gasteiger partial charge in [-0.2, -0.15) is 18.3 Å². The summed E-state index contributed by atoms with van der Waals surface area (Å²) in [5, 5.41) is 4.42. The Balaban J connectivity index is 1.29. The van der Waals surface area contributed by atoms with E-state index in [-0.39, 0.29) is 24.9 Å². The van der Waals surface area contributed by atoms with Crippen LogP contribution in [-0.2, 0) is 22.3 Å². The normalized spacial score (nSPS) is 16.9. The number of pyridine rings is 1. The third-order valence-electron chi connectivity index (χ3n) is 4.74. The summed E-state index contributed by atoms with van der Waals surface area (Å²) in [5.41, 5.74) is -0.105. The molecule has 1 saturated heterocycles. The highest BCUT2D eigenvalue weighted by Crippen LogP contribution is 2.30. The van der Waals surface area contributed by atoms with Gasteiger partial charge in [0.25, 0.3) is 0 Å². The number of carbonyl (C=O) groups excluding carboxylic acids is 1. The number of thiophene rings is 1. The van der Waals surface area contributed by atoms with Crippen molar-refractivity contribution in [2.45, 2.75) is 18.8 Å². The number of nitrogens with zero attached hydrogens (tertiary/aromatic N) is 4. The molecule has 32 heavy (non-hydrogen) atoms. The molecule has 0 aliphatic carbocycles. The molecule has 4 rings (SSSR count). The number of halogens is 4. The number of rotatable bonds is 6. The van der Waals surface area contributed by atoms with E-state index in [1.807, 2.05) is 12.1 Å². The van der Waals surface area contributed by atoms with Crippen molar-refractivity contribution in [2.24, 2.45) is 0 Å². The van der Waals surface area contributed by atoms with Gasteiger partial charge in [0.05, 0.1) is 27.9 Å². The van der Waals surface area contributed by atoms with Crippen molar-refractivity contribution in [1.29, 1.82) is 0 Å². The standard InChI is InChI=1S/C20H18ClF3N4O3S/c21-17-3-2-16(32-17)15-5-6-28(26-15)11-19(29)27-7-8-30-14(10-27)12-31-18-4-1-13(9-25-18)20(22,23)24/h1-6,9,14H,7-8,10-12H2. The van der Waals surface area contributed by atoms with Crippen molar-refractivity contribution in [1.82, 2.24) is 19.7 Å². The van der Waals surface area contributed by atoms with Gasteiger partial charge < -0.3 is 14.4 Å². The monoisotopic (exact) mass is 486 g/mol. The number of ether oxygens (including phenoxy) is 2. The lowest BCUT2D eigenvalue weighted by Crippen LogP contribution is -2.48. The number of morpholine rings is 1. The molecule has 1 aliphatic rings. The van der Waals surface area contributed by atoms with Gasteiger partial charge in [0.15, 0.2) is 0 Å². The van der Waals surface area contributed by atoms with Crippen molar-refractivity contribution >= 4 is 28.8 Å². The summed E-state index contributed by atoms with van der Waals surface area (Å²) in [5.74, 6) is -0.0624. The minimum absolute atomic E-state index is 0.0581. The molecule has 1 fully saturated rings. The molecule has 1 unspecified atom stereocenters. The average Bonchev–Trinajstić information content (AvgIpc) is 3.41. The van der Waals surface area contributed by atoms with Gasteiger partial charge in [-0.1, -0.05) is 11.6 Å². The smallest absolute Gasteiger partial charge is 0.417 e. The van der Waals surface area contributed by atoms with Crippen LogP contribution in [0.4, 0.5) is 13.2 Å². The molecule has 0 spiro atoms. The van der Waals surface area contributed by atoms with Gasteiger partial charge in [-0.15, -0.1) is 11.3 Å². The zero-order valence-corrected chi connectivity index (χ0v) is 18.2. The Morgan fingerprint density at radius 2 is 2.12 bits per heavy atom. The van der Waals surface area contributed by atoms with Crippen LogP contribution in [0.2, 0.25) is 4.34 Å². The van der Waals surface area contributed by atoms with Gasteiger partial charge in [-0.3, -0.25) is 9.48 Å². The minimum Gasteiger partial charge on any atom is -0.475 e. The Morgan fingerprint density at radius 1 is 1.28 bits per heavy atom. The molecule has 3 aromatic rings. The molecular weight excluding hydrogens is 469 g/mol. The summed E-state index contributed by atoms with van der Waals surface area (Å²) >= 11 is 7.37. The van der Waals surface area contributed by atoms with Crippen molar-refractivity contribution in [3.63, 3.8) is 0 Å². The van der Waals surface area contributed by atoms with E-state index in [2.05, 4.69) is 10.1 Å². The van der Waals surface area contributed by atoms with Gasteiger partial charge >= 0.3 is 6.18 Å². The molecule has 3 aromatic heterocycles. The highest BCUT2D eigenvalue weighted by molar-refractivity contribution is 7.19. The molecule has 0 radical (unpaired) electrons. The average molecular weight is 487 g/mol. The molecule has 1 amide bonds.